The van der Waals surface area contributed by atoms with Crippen molar-refractivity contribution in [1.29, 1.82) is 0 Å². The molecule has 220 valence electrons. The van der Waals surface area contributed by atoms with Gasteiger partial charge in [-0.25, -0.2) is 10.1 Å². The van der Waals surface area contributed by atoms with E-state index in [0.29, 0.717) is 17.3 Å². The summed E-state index contributed by atoms with van der Waals surface area (Å²) in [7, 11) is 0. The van der Waals surface area contributed by atoms with Crippen LogP contribution in [0.2, 0.25) is 0 Å². The maximum absolute atomic E-state index is 6.55. The summed E-state index contributed by atoms with van der Waals surface area (Å²) in [5.74, 6) is 2.70. The minimum absolute atomic E-state index is 0. The molecule has 0 amide bonds. The fourth-order valence-corrected chi connectivity index (χ4v) is 5.61. The van der Waals surface area contributed by atoms with E-state index in [0.717, 1.165) is 50.1 Å². The first-order valence-electron chi connectivity index (χ1n) is 14.1. The van der Waals surface area contributed by atoms with Crippen LogP contribution in [0.15, 0.2) is 97.2 Å². The van der Waals surface area contributed by atoms with Crippen molar-refractivity contribution in [2.75, 3.05) is 4.90 Å². The third-order valence-corrected chi connectivity index (χ3v) is 7.73. The fourth-order valence-electron chi connectivity index (χ4n) is 5.61. The van der Waals surface area contributed by atoms with Crippen LogP contribution in [0.25, 0.3) is 39.0 Å². The third-order valence-electron chi connectivity index (χ3n) is 7.73. The summed E-state index contributed by atoms with van der Waals surface area (Å²) in [4.78, 5) is 6.69. The molecule has 7 aromatic rings. The van der Waals surface area contributed by atoms with Crippen LogP contribution in [-0.2, 0) is 26.5 Å². The summed E-state index contributed by atoms with van der Waals surface area (Å²) in [5, 5.41) is 14.5. The van der Waals surface area contributed by atoms with Crippen LogP contribution in [0.5, 0.6) is 11.5 Å². The van der Waals surface area contributed by atoms with E-state index >= 15 is 0 Å². The Labute approximate surface area is 269 Å². The Kier molecular flexibility index (Phi) is 6.74. The predicted molar refractivity (Wildman–Crippen MR) is 167 cm³/mol. The first-order chi connectivity index (χ1) is 20.9. The molecule has 0 atom stereocenters. The van der Waals surface area contributed by atoms with E-state index < -0.39 is 0 Å². The fraction of sp³-hybridized carbons (Fsp3) is 0.114. The number of hydrogen-bond acceptors (Lipinski definition) is 6. The molecule has 8 rings (SSSR count). The molecule has 8 nitrogen and oxygen atoms in total. The molecule has 9 heteroatoms. The van der Waals surface area contributed by atoms with Gasteiger partial charge in [-0.2, -0.15) is 6.07 Å². The molecule has 0 N–H and O–H groups in total. The minimum Gasteiger partial charge on any atom is -0.509 e. The Morgan fingerprint density at radius 2 is 1.64 bits per heavy atom. The van der Waals surface area contributed by atoms with Gasteiger partial charge in [0, 0.05) is 55.8 Å². The number of fused-ring (bicyclic) bond motifs is 6. The van der Waals surface area contributed by atoms with Crippen molar-refractivity contribution in [1.82, 2.24) is 29.8 Å². The monoisotopic (exact) mass is 755 g/mol. The van der Waals surface area contributed by atoms with Gasteiger partial charge in [-0.1, -0.05) is 79.7 Å². The Bertz CT molecular complexity index is 2150. The zero-order valence-corrected chi connectivity index (χ0v) is 26.4. The molecule has 1 aliphatic rings. The number of nitrogens with zero attached hydrogens (tertiary/aromatic N) is 7. The van der Waals surface area contributed by atoms with Crippen LogP contribution in [-0.4, -0.2) is 29.8 Å². The number of hydrogen-bond donors (Lipinski definition) is 0. The molecule has 0 radical (unpaired) electrons. The van der Waals surface area contributed by atoms with Crippen molar-refractivity contribution in [2.24, 2.45) is 0 Å². The quantitative estimate of drug-likeness (QED) is 0.172. The predicted octanol–water partition coefficient (Wildman–Crippen LogP) is 7.64. The van der Waals surface area contributed by atoms with Gasteiger partial charge in [-0.15, -0.1) is 41.3 Å². The second kappa shape index (κ2) is 10.6. The average molecular weight is 756 g/mol. The van der Waals surface area contributed by atoms with Gasteiger partial charge in [0.2, 0.25) is 0 Å². The Morgan fingerprint density at radius 3 is 2.48 bits per heavy atom. The molecule has 0 unspecified atom stereocenters. The maximum atomic E-state index is 6.55. The first kappa shape index (κ1) is 27.9. The van der Waals surface area contributed by atoms with Crippen LogP contribution in [0.1, 0.15) is 26.3 Å². The smallest absolute Gasteiger partial charge is 0.135 e. The molecule has 0 saturated heterocycles. The SMILES string of the molecule is CC(C)(C)c1cc(Oc2[c-]c3c(cc2)c2ccccc2n3-c2ccccn2)[c-]c(N2[CH-]n3nnnc3-c3ccccc32)c1.[Pt]. The Hall–Kier alpha value is -4.94. The number of rotatable bonds is 4. The molecule has 3 aromatic heterocycles. The Morgan fingerprint density at radius 1 is 0.818 bits per heavy atom. The molecule has 4 aromatic carbocycles. The standard InChI is InChI=1S/C35H26N7O.Pt/c1-35(2,3)23-18-24(40-22-41-34(37-38-39-41)29-11-5-6-12-30(29)40)20-26(19-23)43-25-15-16-28-27-10-4-7-13-31(27)42(32(28)21-25)33-14-8-9-17-36-33;/h4-19,22H,1-3H3;/q-3;. The summed E-state index contributed by atoms with van der Waals surface area (Å²) in [5.41, 5.74) is 5.65. The number of aromatic nitrogens is 6. The normalized spacial score (nSPS) is 12.4. The van der Waals surface area contributed by atoms with E-state index in [4.69, 9.17) is 4.74 Å². The van der Waals surface area contributed by atoms with Gasteiger partial charge in [0.25, 0.3) is 0 Å². The number of ether oxygens (including phenoxy) is 1. The molecule has 1 aliphatic heterocycles. The van der Waals surface area contributed by atoms with Crippen LogP contribution in [0.4, 0.5) is 11.4 Å². The van der Waals surface area contributed by atoms with E-state index in [1.54, 1.807) is 10.9 Å². The van der Waals surface area contributed by atoms with Crippen LogP contribution >= 0.6 is 0 Å². The summed E-state index contributed by atoms with van der Waals surface area (Å²) in [6.07, 6.45) is 1.80. The number of benzene rings is 4. The van der Waals surface area contributed by atoms with E-state index in [-0.39, 0.29) is 26.5 Å². The van der Waals surface area contributed by atoms with Crippen molar-refractivity contribution in [3.05, 3.63) is 122 Å². The van der Waals surface area contributed by atoms with Crippen LogP contribution in [0.3, 0.4) is 0 Å². The summed E-state index contributed by atoms with van der Waals surface area (Å²) < 4.78 is 10.4. The number of para-hydroxylation sites is 2. The molecular weight excluding hydrogens is 730 g/mol. The van der Waals surface area contributed by atoms with Crippen molar-refractivity contribution in [3.8, 4) is 28.7 Å². The van der Waals surface area contributed by atoms with Crippen molar-refractivity contribution >= 4 is 33.2 Å². The zero-order valence-electron chi connectivity index (χ0n) is 24.2. The van der Waals surface area contributed by atoms with E-state index in [9.17, 15) is 0 Å². The largest absolute Gasteiger partial charge is 0.509 e. The number of anilines is 2. The van der Waals surface area contributed by atoms with E-state index in [1.165, 1.54) is 0 Å². The van der Waals surface area contributed by atoms with Crippen LogP contribution < -0.4 is 9.64 Å². The average Bonchev–Trinajstić information content (AvgIpc) is 3.63. The first-order valence-corrected chi connectivity index (χ1v) is 14.1. The van der Waals surface area contributed by atoms with Gasteiger partial charge in [0.15, 0.2) is 0 Å². The summed E-state index contributed by atoms with van der Waals surface area (Å²) in [6, 6.07) is 37.6. The third kappa shape index (κ3) is 4.63. The van der Waals surface area contributed by atoms with Crippen molar-refractivity contribution in [3.63, 3.8) is 0 Å². The van der Waals surface area contributed by atoms with E-state index in [1.807, 2.05) is 66.2 Å². The summed E-state index contributed by atoms with van der Waals surface area (Å²) >= 11 is 0. The molecule has 0 fully saturated rings. The second-order valence-electron chi connectivity index (χ2n) is 11.5. The topological polar surface area (TPSA) is 73.9 Å². The Balaban J connectivity index is 0.00000312. The molecule has 0 saturated carbocycles. The zero-order chi connectivity index (χ0) is 29.1. The van der Waals surface area contributed by atoms with Gasteiger partial charge in [0.05, 0.1) is 0 Å². The molecule has 4 heterocycles. The number of tetrazole rings is 1. The van der Waals surface area contributed by atoms with Gasteiger partial charge < -0.3 is 18.9 Å². The number of pyridine rings is 1. The van der Waals surface area contributed by atoms with Crippen LogP contribution in [0, 0.1) is 18.8 Å². The molecule has 0 bridgehead atoms. The summed E-state index contributed by atoms with van der Waals surface area (Å²) in [6.45, 7) is 8.44. The molecular formula is C35H26N7OPt-3. The van der Waals surface area contributed by atoms with E-state index in [2.05, 4.69) is 94.4 Å². The van der Waals surface area contributed by atoms with Gasteiger partial charge >= 0.3 is 0 Å². The van der Waals surface area contributed by atoms with Gasteiger partial charge in [0.1, 0.15) is 5.82 Å². The van der Waals surface area contributed by atoms with Crippen molar-refractivity contribution in [2.45, 2.75) is 26.2 Å². The van der Waals surface area contributed by atoms with Gasteiger partial charge in [-0.3, -0.25) is 0 Å². The minimum atomic E-state index is -0.143. The van der Waals surface area contributed by atoms with Gasteiger partial charge in [-0.05, 0) is 52.5 Å². The maximum Gasteiger partial charge on any atom is 0.135 e. The molecule has 0 aliphatic carbocycles. The van der Waals surface area contributed by atoms with Crippen molar-refractivity contribution < 1.29 is 25.8 Å². The molecule has 0 spiro atoms. The second-order valence-corrected chi connectivity index (χ2v) is 11.5. The molecule has 44 heavy (non-hydrogen) atoms.